The lowest BCUT2D eigenvalue weighted by Crippen LogP contribution is -2.39. The van der Waals surface area contributed by atoms with Crippen LogP contribution in [0.3, 0.4) is 0 Å². The Labute approximate surface area is 173 Å². The second kappa shape index (κ2) is 8.19. The van der Waals surface area contributed by atoms with E-state index in [1.165, 1.54) is 11.1 Å². The lowest BCUT2D eigenvalue weighted by atomic mass is 10.4. The van der Waals surface area contributed by atoms with Gasteiger partial charge in [0.25, 0.3) is 0 Å². The van der Waals surface area contributed by atoms with Gasteiger partial charge in [-0.25, -0.2) is 29.4 Å². The van der Waals surface area contributed by atoms with E-state index in [-0.39, 0.29) is 6.03 Å². The number of hydrogen-bond acceptors (Lipinski definition) is 6. The van der Waals surface area contributed by atoms with E-state index in [1.54, 1.807) is 46.3 Å². The zero-order valence-electron chi connectivity index (χ0n) is 16.6. The zero-order valence-corrected chi connectivity index (χ0v) is 16.6. The minimum absolute atomic E-state index is 0.295. The van der Waals surface area contributed by atoms with Crippen LogP contribution in [0.15, 0.2) is 49.2 Å². The molecule has 0 spiro atoms. The number of nitrogens with zero attached hydrogens (tertiary/aromatic N) is 6. The van der Waals surface area contributed by atoms with Gasteiger partial charge in [0.15, 0.2) is 0 Å². The summed E-state index contributed by atoms with van der Waals surface area (Å²) >= 11 is 0. The van der Waals surface area contributed by atoms with Crippen LogP contribution in [0.25, 0.3) is 5.82 Å². The summed E-state index contributed by atoms with van der Waals surface area (Å²) < 4.78 is 7.64. The molecule has 3 aromatic heterocycles. The Morgan fingerprint density at radius 1 is 1.17 bits per heavy atom. The van der Waals surface area contributed by atoms with Crippen molar-refractivity contribution < 1.29 is 14.3 Å². The summed E-state index contributed by atoms with van der Waals surface area (Å²) in [5.74, 6) is 2.11. The van der Waals surface area contributed by atoms with Gasteiger partial charge >= 0.3 is 12.1 Å². The fourth-order valence-electron chi connectivity index (χ4n) is 3.04. The van der Waals surface area contributed by atoms with Crippen molar-refractivity contribution in [3.05, 3.63) is 54.9 Å². The lowest BCUT2D eigenvalue weighted by Gasteiger charge is -2.16. The predicted octanol–water partition coefficient (Wildman–Crippen LogP) is 3.05. The van der Waals surface area contributed by atoms with E-state index >= 15 is 0 Å². The molecular weight excluding hydrogens is 386 g/mol. The Kier molecular flexibility index (Phi) is 5.29. The highest BCUT2D eigenvalue weighted by molar-refractivity contribution is 6.01. The largest absolute Gasteiger partial charge is 0.456 e. The van der Waals surface area contributed by atoms with Crippen LogP contribution in [0.1, 0.15) is 12.6 Å². The van der Waals surface area contributed by atoms with Gasteiger partial charge in [0.1, 0.15) is 29.5 Å². The number of imide groups is 1. The van der Waals surface area contributed by atoms with Crippen molar-refractivity contribution >= 4 is 17.9 Å². The number of pyridine rings is 2. The number of carbonyl (C=O) groups is 2. The van der Waals surface area contributed by atoms with Gasteiger partial charge in [0.2, 0.25) is 0 Å². The van der Waals surface area contributed by atoms with Crippen molar-refractivity contribution in [1.29, 1.82) is 0 Å². The van der Waals surface area contributed by atoms with Gasteiger partial charge in [0, 0.05) is 38.1 Å². The number of amides is 4. The molecule has 1 N–H and O–H groups in total. The van der Waals surface area contributed by atoms with E-state index in [9.17, 15) is 9.59 Å². The van der Waals surface area contributed by atoms with Crippen LogP contribution in [-0.4, -0.2) is 61.0 Å². The lowest BCUT2D eigenvalue weighted by molar-refractivity contribution is 0.192. The third-order valence-corrected chi connectivity index (χ3v) is 4.62. The van der Waals surface area contributed by atoms with Gasteiger partial charge in [0.05, 0.1) is 11.9 Å². The molecule has 10 nitrogen and oxygen atoms in total. The van der Waals surface area contributed by atoms with Crippen molar-refractivity contribution in [1.82, 2.24) is 29.3 Å². The van der Waals surface area contributed by atoms with Crippen molar-refractivity contribution in [3.63, 3.8) is 0 Å². The van der Waals surface area contributed by atoms with Gasteiger partial charge in [-0.15, -0.1) is 0 Å². The highest BCUT2D eigenvalue weighted by Gasteiger charge is 2.32. The van der Waals surface area contributed by atoms with Crippen molar-refractivity contribution in [2.24, 2.45) is 0 Å². The van der Waals surface area contributed by atoms with Gasteiger partial charge in [-0.1, -0.05) is 0 Å². The molecule has 1 aliphatic rings. The number of rotatable bonds is 5. The fourth-order valence-corrected chi connectivity index (χ4v) is 3.04. The topological polar surface area (TPSA) is 105 Å². The molecule has 0 aliphatic carbocycles. The maximum Gasteiger partial charge on any atom is 0.331 e. The highest BCUT2D eigenvalue weighted by Crippen LogP contribution is 2.23. The molecule has 1 fully saturated rings. The Morgan fingerprint density at radius 3 is 2.70 bits per heavy atom. The predicted molar refractivity (Wildman–Crippen MR) is 109 cm³/mol. The summed E-state index contributed by atoms with van der Waals surface area (Å²) in [6, 6.07) is 6.04. The summed E-state index contributed by atoms with van der Waals surface area (Å²) in [7, 11) is 0. The normalized spacial score (nSPS) is 13.6. The second-order valence-corrected chi connectivity index (χ2v) is 6.70. The molecule has 4 heterocycles. The monoisotopic (exact) mass is 407 g/mol. The molecule has 1 aliphatic heterocycles. The molecule has 0 saturated carbocycles. The van der Waals surface area contributed by atoms with Crippen molar-refractivity contribution in [3.8, 4) is 17.3 Å². The number of nitrogens with one attached hydrogen (secondary N) is 1. The molecule has 0 aromatic carbocycles. The molecule has 0 bridgehead atoms. The number of aromatic nitrogens is 4. The first-order valence-electron chi connectivity index (χ1n) is 9.52. The molecule has 154 valence electrons. The van der Waals surface area contributed by atoms with Crippen molar-refractivity contribution in [2.75, 3.05) is 25.0 Å². The van der Waals surface area contributed by atoms with Crippen LogP contribution in [0.2, 0.25) is 0 Å². The van der Waals surface area contributed by atoms with Crippen LogP contribution in [0.5, 0.6) is 11.5 Å². The second-order valence-electron chi connectivity index (χ2n) is 6.70. The number of likely N-dealkylation sites (N-methyl/N-ethyl adjacent to an activating group) is 1. The number of carbonyl (C=O) groups excluding carboxylic acids is 2. The van der Waals surface area contributed by atoms with Gasteiger partial charge in [-0.05, 0) is 32.0 Å². The number of urea groups is 2. The Hall–Kier alpha value is -3.95. The first-order valence-corrected chi connectivity index (χ1v) is 9.52. The molecule has 1 saturated heterocycles. The zero-order chi connectivity index (χ0) is 21.1. The minimum atomic E-state index is -0.494. The quantitative estimate of drug-likeness (QED) is 0.697. The van der Waals surface area contributed by atoms with Crippen LogP contribution < -0.4 is 10.1 Å². The number of aryl methyl sites for hydroxylation is 1. The van der Waals surface area contributed by atoms with E-state index in [2.05, 4.69) is 20.3 Å². The molecule has 4 rings (SSSR count). The molecular formula is C20H21N7O3. The Bertz CT molecular complexity index is 1060. The highest BCUT2D eigenvalue weighted by atomic mass is 16.5. The summed E-state index contributed by atoms with van der Waals surface area (Å²) in [4.78, 5) is 39.9. The average molecular weight is 407 g/mol. The fraction of sp³-hybridized carbons (Fsp3) is 0.250. The number of hydrogen-bond donors (Lipinski definition) is 1. The first-order chi connectivity index (χ1) is 14.5. The van der Waals surface area contributed by atoms with Gasteiger partial charge in [-0.2, -0.15) is 0 Å². The summed E-state index contributed by atoms with van der Waals surface area (Å²) in [5.41, 5.74) is 0.892. The average Bonchev–Trinajstić information content (AvgIpc) is 3.35. The van der Waals surface area contributed by atoms with Gasteiger partial charge in [-0.3, -0.25) is 9.88 Å². The molecule has 4 amide bonds. The van der Waals surface area contributed by atoms with E-state index in [4.69, 9.17) is 4.74 Å². The molecule has 0 atom stereocenters. The minimum Gasteiger partial charge on any atom is -0.456 e. The molecule has 10 heteroatoms. The standard InChI is InChI=1S/C20H21N7O3/c1-3-25-8-9-27(20(25)29)19(28)24-17-5-4-16(11-22-17)30-15-6-7-21-18(10-15)26-12-14(2)23-13-26/h4-7,10-13H,3,8-9H2,1-2H3,(H,22,24,28). The maximum atomic E-state index is 12.3. The van der Waals surface area contributed by atoms with Crippen LogP contribution in [0.4, 0.5) is 15.4 Å². The first kappa shape index (κ1) is 19.4. The van der Waals surface area contributed by atoms with E-state index in [0.717, 1.165) is 5.69 Å². The maximum absolute atomic E-state index is 12.3. The third kappa shape index (κ3) is 4.07. The Morgan fingerprint density at radius 2 is 2.03 bits per heavy atom. The van der Waals surface area contributed by atoms with E-state index in [1.807, 2.05) is 20.0 Å². The van der Waals surface area contributed by atoms with E-state index in [0.29, 0.717) is 42.8 Å². The SMILES string of the molecule is CCN1CCN(C(=O)Nc2ccc(Oc3ccnc(-n4cnc(C)c4)c3)cn2)C1=O. The molecule has 0 unspecified atom stereocenters. The van der Waals surface area contributed by atoms with Gasteiger partial charge < -0.3 is 9.64 Å². The number of ether oxygens (including phenoxy) is 1. The third-order valence-electron chi connectivity index (χ3n) is 4.62. The summed E-state index contributed by atoms with van der Waals surface area (Å²) in [6.07, 6.45) is 6.71. The number of imidazole rings is 1. The molecule has 3 aromatic rings. The smallest absolute Gasteiger partial charge is 0.331 e. The molecule has 0 radical (unpaired) electrons. The van der Waals surface area contributed by atoms with Crippen LogP contribution in [0, 0.1) is 6.92 Å². The summed E-state index contributed by atoms with van der Waals surface area (Å²) in [5, 5.41) is 2.64. The van der Waals surface area contributed by atoms with Crippen LogP contribution in [-0.2, 0) is 0 Å². The van der Waals surface area contributed by atoms with Crippen LogP contribution >= 0.6 is 0 Å². The number of anilines is 1. The van der Waals surface area contributed by atoms with Crippen molar-refractivity contribution in [2.45, 2.75) is 13.8 Å². The van der Waals surface area contributed by atoms with E-state index < -0.39 is 6.03 Å². The summed E-state index contributed by atoms with van der Waals surface area (Å²) in [6.45, 7) is 5.25. The molecule has 30 heavy (non-hydrogen) atoms. The Balaban J connectivity index is 1.40.